The van der Waals surface area contributed by atoms with Gasteiger partial charge in [0.15, 0.2) is 0 Å². The molecule has 0 aliphatic heterocycles. The van der Waals surface area contributed by atoms with Crippen LogP contribution in [-0.2, 0) is 0 Å². The third-order valence-corrected chi connectivity index (χ3v) is 3.31. The fraction of sp³-hybridized carbons (Fsp3) is 0. The van der Waals surface area contributed by atoms with Crippen molar-refractivity contribution in [3.05, 3.63) is 63.1 Å². The van der Waals surface area contributed by atoms with Crippen LogP contribution in [0.2, 0.25) is 0 Å². The lowest BCUT2D eigenvalue weighted by Gasteiger charge is -1.95. The van der Waals surface area contributed by atoms with Crippen LogP contribution in [0.5, 0.6) is 0 Å². The molecule has 1 aromatic heterocycles. The van der Waals surface area contributed by atoms with E-state index >= 15 is 0 Å². The van der Waals surface area contributed by atoms with Gasteiger partial charge in [-0.25, -0.2) is 0 Å². The quantitative estimate of drug-likeness (QED) is 0.527. The standard InChI is InChI=1S/C14H8BrN3O3/c15-11-5-1-4-10(7-11)14-16-13(17-21-14)9-3-2-6-12(8-9)18(19)20/h1-8H. The smallest absolute Gasteiger partial charge is 0.270 e. The molecule has 21 heavy (non-hydrogen) atoms. The first-order valence-electron chi connectivity index (χ1n) is 5.98. The Morgan fingerprint density at radius 1 is 1.10 bits per heavy atom. The highest BCUT2D eigenvalue weighted by atomic mass is 79.9. The predicted molar refractivity (Wildman–Crippen MR) is 79.5 cm³/mol. The van der Waals surface area contributed by atoms with E-state index in [1.54, 1.807) is 12.1 Å². The molecule has 0 saturated carbocycles. The summed E-state index contributed by atoms with van der Waals surface area (Å²) in [6.45, 7) is 0. The lowest BCUT2D eigenvalue weighted by Crippen LogP contribution is -1.88. The number of benzene rings is 2. The molecule has 0 aliphatic rings. The highest BCUT2D eigenvalue weighted by molar-refractivity contribution is 9.10. The molecule has 0 unspecified atom stereocenters. The zero-order valence-corrected chi connectivity index (χ0v) is 12.1. The summed E-state index contributed by atoms with van der Waals surface area (Å²) in [5, 5.41) is 14.7. The van der Waals surface area contributed by atoms with Crippen molar-refractivity contribution in [2.75, 3.05) is 0 Å². The Labute approximate surface area is 127 Å². The average molecular weight is 346 g/mol. The zero-order valence-electron chi connectivity index (χ0n) is 10.6. The van der Waals surface area contributed by atoms with Crippen LogP contribution in [0.15, 0.2) is 57.5 Å². The van der Waals surface area contributed by atoms with Gasteiger partial charge in [-0.3, -0.25) is 10.1 Å². The number of nitro benzene ring substituents is 1. The summed E-state index contributed by atoms with van der Waals surface area (Å²) in [6, 6.07) is 13.6. The van der Waals surface area contributed by atoms with Crippen LogP contribution in [0.4, 0.5) is 5.69 Å². The van der Waals surface area contributed by atoms with Crippen molar-refractivity contribution >= 4 is 21.6 Å². The number of aromatic nitrogens is 2. The molecule has 2 aromatic carbocycles. The second kappa shape index (κ2) is 5.45. The largest absolute Gasteiger partial charge is 0.334 e. The Hall–Kier alpha value is -2.54. The summed E-state index contributed by atoms with van der Waals surface area (Å²) in [4.78, 5) is 14.6. The van der Waals surface area contributed by atoms with Gasteiger partial charge in [0.25, 0.3) is 11.6 Å². The number of non-ortho nitro benzene ring substituents is 1. The Balaban J connectivity index is 1.98. The van der Waals surface area contributed by atoms with Crippen LogP contribution in [0, 0.1) is 10.1 Å². The molecule has 3 aromatic rings. The first-order chi connectivity index (χ1) is 10.1. The SMILES string of the molecule is O=[N+]([O-])c1cccc(-c2noc(-c3cccc(Br)c3)n2)c1. The minimum absolute atomic E-state index is 0.0127. The van der Waals surface area contributed by atoms with E-state index in [0.717, 1.165) is 10.0 Å². The number of hydrogen-bond donors (Lipinski definition) is 0. The van der Waals surface area contributed by atoms with Gasteiger partial charge in [-0.05, 0) is 18.2 Å². The summed E-state index contributed by atoms with van der Waals surface area (Å²) in [5.41, 5.74) is 1.30. The van der Waals surface area contributed by atoms with Crippen molar-refractivity contribution in [1.82, 2.24) is 10.1 Å². The molecule has 0 bridgehead atoms. The van der Waals surface area contributed by atoms with Crippen LogP contribution >= 0.6 is 15.9 Å². The van der Waals surface area contributed by atoms with E-state index in [-0.39, 0.29) is 5.69 Å². The lowest BCUT2D eigenvalue weighted by molar-refractivity contribution is -0.384. The van der Waals surface area contributed by atoms with Gasteiger partial charge >= 0.3 is 0 Å². The summed E-state index contributed by atoms with van der Waals surface area (Å²) < 4.78 is 6.11. The molecule has 3 rings (SSSR count). The van der Waals surface area contributed by atoms with Crippen molar-refractivity contribution in [3.8, 4) is 22.8 Å². The van der Waals surface area contributed by atoms with Gasteiger partial charge < -0.3 is 4.52 Å². The molecule has 0 saturated heterocycles. The van der Waals surface area contributed by atoms with E-state index in [0.29, 0.717) is 17.3 Å². The molecule has 1 heterocycles. The number of hydrogen-bond acceptors (Lipinski definition) is 5. The molecule has 104 valence electrons. The van der Waals surface area contributed by atoms with Crippen molar-refractivity contribution in [3.63, 3.8) is 0 Å². The monoisotopic (exact) mass is 345 g/mol. The van der Waals surface area contributed by atoms with Crippen LogP contribution in [0.25, 0.3) is 22.8 Å². The highest BCUT2D eigenvalue weighted by Crippen LogP contribution is 2.26. The van der Waals surface area contributed by atoms with Crippen LogP contribution < -0.4 is 0 Å². The molecule has 0 radical (unpaired) electrons. The Kier molecular flexibility index (Phi) is 3.49. The Morgan fingerprint density at radius 2 is 1.86 bits per heavy atom. The second-order valence-corrected chi connectivity index (χ2v) is 5.16. The minimum Gasteiger partial charge on any atom is -0.334 e. The van der Waals surface area contributed by atoms with Gasteiger partial charge in [0.2, 0.25) is 5.82 Å². The summed E-state index contributed by atoms with van der Waals surface area (Å²) in [7, 11) is 0. The van der Waals surface area contributed by atoms with Crippen molar-refractivity contribution in [1.29, 1.82) is 0 Å². The van der Waals surface area contributed by atoms with Crippen molar-refractivity contribution in [2.24, 2.45) is 0 Å². The molecular weight excluding hydrogens is 338 g/mol. The van der Waals surface area contributed by atoms with E-state index in [1.807, 2.05) is 24.3 Å². The summed E-state index contributed by atoms with van der Waals surface area (Å²) in [6.07, 6.45) is 0. The van der Waals surface area contributed by atoms with Crippen LogP contribution in [-0.4, -0.2) is 15.1 Å². The predicted octanol–water partition coefficient (Wildman–Crippen LogP) is 4.07. The number of nitro groups is 1. The molecule has 0 aliphatic carbocycles. The summed E-state index contributed by atoms with van der Waals surface area (Å²) in [5.74, 6) is 0.673. The second-order valence-electron chi connectivity index (χ2n) is 4.24. The third kappa shape index (κ3) is 2.82. The van der Waals surface area contributed by atoms with E-state index < -0.39 is 4.92 Å². The number of rotatable bonds is 3. The molecule has 0 amide bonds. The molecule has 6 nitrogen and oxygen atoms in total. The zero-order chi connectivity index (χ0) is 14.8. The van der Waals surface area contributed by atoms with Crippen LogP contribution in [0.1, 0.15) is 0 Å². The molecule has 7 heteroatoms. The van der Waals surface area contributed by atoms with Gasteiger partial charge in [0, 0.05) is 27.7 Å². The lowest BCUT2D eigenvalue weighted by atomic mass is 10.2. The first kappa shape index (κ1) is 13.4. The first-order valence-corrected chi connectivity index (χ1v) is 6.77. The van der Waals surface area contributed by atoms with E-state index in [9.17, 15) is 10.1 Å². The van der Waals surface area contributed by atoms with Crippen LogP contribution in [0.3, 0.4) is 0 Å². The maximum absolute atomic E-state index is 10.8. The average Bonchev–Trinajstić information content (AvgIpc) is 2.97. The fourth-order valence-corrected chi connectivity index (χ4v) is 2.24. The van der Waals surface area contributed by atoms with Crippen molar-refractivity contribution in [2.45, 2.75) is 0 Å². The topological polar surface area (TPSA) is 82.1 Å². The minimum atomic E-state index is -0.460. The molecule has 0 spiro atoms. The normalized spacial score (nSPS) is 10.5. The van der Waals surface area contributed by atoms with Gasteiger partial charge in [-0.1, -0.05) is 39.3 Å². The van der Waals surface area contributed by atoms with Gasteiger partial charge in [-0.2, -0.15) is 4.98 Å². The maximum atomic E-state index is 10.8. The van der Waals surface area contributed by atoms with E-state index in [1.165, 1.54) is 12.1 Å². The van der Waals surface area contributed by atoms with E-state index in [4.69, 9.17) is 4.52 Å². The molecule has 0 N–H and O–H groups in total. The third-order valence-electron chi connectivity index (χ3n) is 2.81. The van der Waals surface area contributed by atoms with Gasteiger partial charge in [-0.15, -0.1) is 0 Å². The number of nitrogens with zero attached hydrogens (tertiary/aromatic N) is 3. The molecule has 0 atom stereocenters. The maximum Gasteiger partial charge on any atom is 0.270 e. The Morgan fingerprint density at radius 3 is 2.62 bits per heavy atom. The van der Waals surface area contributed by atoms with Crippen molar-refractivity contribution < 1.29 is 9.45 Å². The molecule has 0 fully saturated rings. The van der Waals surface area contributed by atoms with E-state index in [2.05, 4.69) is 26.1 Å². The number of halogens is 1. The summed E-state index contributed by atoms with van der Waals surface area (Å²) >= 11 is 3.37. The highest BCUT2D eigenvalue weighted by Gasteiger charge is 2.13. The fourth-order valence-electron chi connectivity index (χ4n) is 1.84. The van der Waals surface area contributed by atoms with Gasteiger partial charge in [0.05, 0.1) is 4.92 Å². The Bertz CT molecular complexity index is 816. The van der Waals surface area contributed by atoms with Gasteiger partial charge in [0.1, 0.15) is 0 Å². The molecular formula is C14H8BrN3O3.